The van der Waals surface area contributed by atoms with E-state index in [9.17, 15) is 15.2 Å². The van der Waals surface area contributed by atoms with Gasteiger partial charge in [0.25, 0.3) is 5.69 Å². The van der Waals surface area contributed by atoms with Crippen molar-refractivity contribution in [1.82, 2.24) is 0 Å². The quantitative estimate of drug-likeness (QED) is 0.514. The Morgan fingerprint density at radius 2 is 2.23 bits per heavy atom. The highest BCUT2D eigenvalue weighted by Gasteiger charge is 2.14. The van der Waals surface area contributed by atoms with Gasteiger partial charge in [-0.05, 0) is 22.6 Å². The van der Waals surface area contributed by atoms with Crippen molar-refractivity contribution in [3.8, 4) is 11.5 Å². The fraction of sp³-hybridized carbons (Fsp3) is 0.143. The SMILES string of the molecule is COc1cc([N+](=O)[O-])cc(I)c1O. The third kappa shape index (κ3) is 2.00. The summed E-state index contributed by atoms with van der Waals surface area (Å²) in [6, 6.07) is 2.45. The van der Waals surface area contributed by atoms with Crippen molar-refractivity contribution in [2.24, 2.45) is 0 Å². The highest BCUT2D eigenvalue weighted by atomic mass is 127. The summed E-state index contributed by atoms with van der Waals surface area (Å²) in [6.07, 6.45) is 0. The van der Waals surface area contributed by atoms with Gasteiger partial charge in [-0.25, -0.2) is 0 Å². The molecule has 0 bridgehead atoms. The van der Waals surface area contributed by atoms with Crippen LogP contribution in [0.15, 0.2) is 12.1 Å². The van der Waals surface area contributed by atoms with Crippen LogP contribution in [-0.4, -0.2) is 17.1 Å². The molecule has 0 saturated carbocycles. The average Bonchev–Trinajstić information content (AvgIpc) is 2.09. The van der Waals surface area contributed by atoms with Crippen molar-refractivity contribution >= 4 is 28.3 Å². The second-order valence-corrected chi connectivity index (χ2v) is 3.40. The topological polar surface area (TPSA) is 72.6 Å². The molecule has 0 saturated heterocycles. The number of hydrogen-bond acceptors (Lipinski definition) is 4. The van der Waals surface area contributed by atoms with Gasteiger partial charge in [0.15, 0.2) is 11.5 Å². The van der Waals surface area contributed by atoms with Crippen molar-refractivity contribution in [3.05, 3.63) is 25.8 Å². The van der Waals surface area contributed by atoms with Crippen LogP contribution in [-0.2, 0) is 0 Å². The molecule has 5 nitrogen and oxygen atoms in total. The van der Waals surface area contributed by atoms with Crippen LogP contribution in [0.2, 0.25) is 0 Å². The molecule has 0 fully saturated rings. The van der Waals surface area contributed by atoms with E-state index in [1.165, 1.54) is 19.2 Å². The fourth-order valence-corrected chi connectivity index (χ4v) is 1.41. The number of benzene rings is 1. The van der Waals surface area contributed by atoms with Gasteiger partial charge in [-0.15, -0.1) is 0 Å². The zero-order valence-corrected chi connectivity index (χ0v) is 8.81. The van der Waals surface area contributed by atoms with Gasteiger partial charge in [0.1, 0.15) is 0 Å². The Morgan fingerprint density at radius 1 is 1.62 bits per heavy atom. The number of halogens is 1. The van der Waals surface area contributed by atoms with Crippen LogP contribution in [0.3, 0.4) is 0 Å². The molecule has 1 aromatic rings. The standard InChI is InChI=1S/C7H6INO4/c1-13-6-3-4(9(11)12)2-5(8)7(6)10/h2-3,10H,1H3. The van der Waals surface area contributed by atoms with E-state index in [0.717, 1.165) is 0 Å². The zero-order chi connectivity index (χ0) is 10.0. The minimum atomic E-state index is -0.538. The van der Waals surface area contributed by atoms with Crippen LogP contribution in [0.5, 0.6) is 11.5 Å². The first-order chi connectivity index (χ1) is 6.06. The Morgan fingerprint density at radius 3 is 2.69 bits per heavy atom. The number of non-ortho nitro benzene ring substituents is 1. The molecule has 0 aromatic heterocycles. The van der Waals surface area contributed by atoms with Gasteiger partial charge in [0.2, 0.25) is 0 Å². The monoisotopic (exact) mass is 295 g/mol. The Bertz CT molecular complexity index is 353. The Kier molecular flexibility index (Phi) is 2.91. The molecule has 1 aromatic carbocycles. The predicted molar refractivity (Wildman–Crippen MR) is 54.0 cm³/mol. The normalized spacial score (nSPS) is 9.69. The van der Waals surface area contributed by atoms with Crippen molar-refractivity contribution in [2.45, 2.75) is 0 Å². The molecule has 0 spiro atoms. The molecule has 1 rings (SSSR count). The van der Waals surface area contributed by atoms with E-state index in [4.69, 9.17) is 4.74 Å². The molecule has 0 aliphatic rings. The number of nitro groups is 1. The maximum absolute atomic E-state index is 10.4. The molecule has 0 atom stereocenters. The number of nitro benzene ring substituents is 1. The number of ether oxygens (including phenoxy) is 1. The lowest BCUT2D eigenvalue weighted by molar-refractivity contribution is -0.385. The predicted octanol–water partition coefficient (Wildman–Crippen LogP) is 1.91. The first kappa shape index (κ1) is 10.0. The van der Waals surface area contributed by atoms with Gasteiger partial charge in [-0.2, -0.15) is 0 Å². The van der Waals surface area contributed by atoms with Crippen molar-refractivity contribution in [2.75, 3.05) is 7.11 Å². The van der Waals surface area contributed by atoms with Gasteiger partial charge in [-0.3, -0.25) is 10.1 Å². The largest absolute Gasteiger partial charge is 0.504 e. The van der Waals surface area contributed by atoms with Crippen LogP contribution in [0.25, 0.3) is 0 Å². The van der Waals surface area contributed by atoms with Gasteiger partial charge >= 0.3 is 0 Å². The number of hydrogen-bond donors (Lipinski definition) is 1. The van der Waals surface area contributed by atoms with Crippen molar-refractivity contribution < 1.29 is 14.8 Å². The lowest BCUT2D eigenvalue weighted by atomic mass is 10.3. The smallest absolute Gasteiger partial charge is 0.274 e. The highest BCUT2D eigenvalue weighted by Crippen LogP contribution is 2.34. The first-order valence-corrected chi connectivity index (χ1v) is 4.35. The van der Waals surface area contributed by atoms with Crippen LogP contribution in [0, 0.1) is 13.7 Å². The molecule has 0 amide bonds. The Balaban J connectivity index is 3.30. The van der Waals surface area contributed by atoms with E-state index < -0.39 is 4.92 Å². The lowest BCUT2D eigenvalue weighted by Crippen LogP contribution is -1.92. The van der Waals surface area contributed by atoms with Crippen LogP contribution < -0.4 is 4.74 Å². The Hall–Kier alpha value is -1.05. The minimum absolute atomic E-state index is 0.0753. The summed E-state index contributed by atoms with van der Waals surface area (Å²) in [4.78, 5) is 9.86. The number of methoxy groups -OCH3 is 1. The number of phenolic OH excluding ortho intramolecular Hbond substituents is 1. The minimum Gasteiger partial charge on any atom is -0.504 e. The lowest BCUT2D eigenvalue weighted by Gasteiger charge is -2.03. The van der Waals surface area contributed by atoms with Gasteiger partial charge < -0.3 is 9.84 Å². The third-order valence-corrected chi connectivity index (χ3v) is 2.27. The van der Waals surface area contributed by atoms with E-state index >= 15 is 0 Å². The molecule has 6 heteroatoms. The van der Waals surface area contributed by atoms with Crippen molar-refractivity contribution in [1.29, 1.82) is 0 Å². The van der Waals surface area contributed by atoms with Gasteiger partial charge in [0, 0.05) is 6.07 Å². The van der Waals surface area contributed by atoms with E-state index in [1.54, 1.807) is 22.6 Å². The number of aromatic hydroxyl groups is 1. The van der Waals surface area contributed by atoms with Crippen molar-refractivity contribution in [3.63, 3.8) is 0 Å². The van der Waals surface area contributed by atoms with Crippen LogP contribution in [0.1, 0.15) is 0 Å². The molecule has 70 valence electrons. The first-order valence-electron chi connectivity index (χ1n) is 3.27. The summed E-state index contributed by atoms with van der Waals surface area (Å²) in [5, 5.41) is 19.7. The summed E-state index contributed by atoms with van der Waals surface area (Å²) in [5.41, 5.74) is -0.0981. The van der Waals surface area contributed by atoms with E-state index in [0.29, 0.717) is 3.57 Å². The van der Waals surface area contributed by atoms with Crippen LogP contribution >= 0.6 is 22.6 Å². The number of rotatable bonds is 2. The molecule has 0 aliphatic heterocycles. The molecule has 13 heavy (non-hydrogen) atoms. The summed E-state index contributed by atoms with van der Waals surface area (Å²) in [6.45, 7) is 0. The van der Waals surface area contributed by atoms with E-state index in [1.807, 2.05) is 0 Å². The maximum atomic E-state index is 10.4. The Labute approximate surface area is 87.6 Å². The zero-order valence-electron chi connectivity index (χ0n) is 6.65. The third-order valence-electron chi connectivity index (χ3n) is 1.44. The summed E-state index contributed by atoms with van der Waals surface area (Å²) >= 11 is 1.80. The second-order valence-electron chi connectivity index (χ2n) is 2.24. The summed E-state index contributed by atoms with van der Waals surface area (Å²) in [5.74, 6) is 0.0345. The van der Waals surface area contributed by atoms with Gasteiger partial charge in [0.05, 0.1) is 21.7 Å². The maximum Gasteiger partial charge on any atom is 0.274 e. The second kappa shape index (κ2) is 3.77. The summed E-state index contributed by atoms with van der Waals surface area (Å²) in [7, 11) is 1.34. The fourth-order valence-electron chi connectivity index (χ4n) is 0.821. The summed E-state index contributed by atoms with van der Waals surface area (Å²) < 4.78 is 5.15. The van der Waals surface area contributed by atoms with E-state index in [-0.39, 0.29) is 17.2 Å². The molecular formula is C7H6INO4. The highest BCUT2D eigenvalue weighted by molar-refractivity contribution is 14.1. The molecule has 0 heterocycles. The average molecular weight is 295 g/mol. The van der Waals surface area contributed by atoms with E-state index in [2.05, 4.69) is 0 Å². The van der Waals surface area contributed by atoms with Crippen LogP contribution in [0.4, 0.5) is 5.69 Å². The van der Waals surface area contributed by atoms with Gasteiger partial charge in [-0.1, -0.05) is 0 Å². The molecular weight excluding hydrogens is 289 g/mol. The molecule has 0 radical (unpaired) electrons. The molecule has 0 aliphatic carbocycles. The number of nitrogens with zero attached hydrogens (tertiary/aromatic N) is 1. The number of phenols is 1. The molecule has 0 unspecified atom stereocenters. The molecule has 1 N–H and O–H groups in total.